The first-order valence-corrected chi connectivity index (χ1v) is 8.13. The number of rotatable bonds is 6. The lowest BCUT2D eigenvalue weighted by Crippen LogP contribution is -2.21. The van der Waals surface area contributed by atoms with Gasteiger partial charge in [0.25, 0.3) is 0 Å². The molecule has 118 valence electrons. The van der Waals surface area contributed by atoms with Crippen LogP contribution in [0.15, 0.2) is 30.3 Å². The summed E-state index contributed by atoms with van der Waals surface area (Å²) in [5.74, 6) is 0.501. The van der Waals surface area contributed by atoms with Gasteiger partial charge in [-0.15, -0.1) is 5.10 Å². The Morgan fingerprint density at radius 1 is 1.23 bits per heavy atom. The minimum Gasteiger partial charge on any atom is -0.381 e. The standard InChI is InChI=1S/C17H24N4O/c1-2-18-12-16-17(15-8-10-22-11-9-15)21(20-19-16)13-14-6-4-3-5-7-14/h3-7,15,18H,2,8-13H2,1H3. The Morgan fingerprint density at radius 3 is 2.73 bits per heavy atom. The van der Waals surface area contributed by atoms with Crippen LogP contribution in [0.25, 0.3) is 0 Å². The summed E-state index contributed by atoms with van der Waals surface area (Å²) in [7, 11) is 0. The molecule has 1 aliphatic rings. The molecule has 1 aromatic heterocycles. The van der Waals surface area contributed by atoms with Crippen LogP contribution in [0, 0.1) is 0 Å². The molecule has 22 heavy (non-hydrogen) atoms. The first kappa shape index (κ1) is 15.2. The monoisotopic (exact) mass is 300 g/mol. The van der Waals surface area contributed by atoms with Gasteiger partial charge >= 0.3 is 0 Å². The van der Waals surface area contributed by atoms with Gasteiger partial charge in [-0.05, 0) is 24.9 Å². The number of aromatic nitrogens is 3. The van der Waals surface area contributed by atoms with Gasteiger partial charge in [-0.2, -0.15) is 0 Å². The van der Waals surface area contributed by atoms with Gasteiger partial charge in [-0.25, -0.2) is 4.68 Å². The van der Waals surface area contributed by atoms with Crippen LogP contribution in [0.3, 0.4) is 0 Å². The molecule has 2 heterocycles. The van der Waals surface area contributed by atoms with Crippen molar-refractivity contribution in [2.24, 2.45) is 0 Å². The third-order valence-electron chi connectivity index (χ3n) is 4.17. The maximum atomic E-state index is 5.51. The summed E-state index contributed by atoms with van der Waals surface area (Å²) in [4.78, 5) is 0. The molecule has 0 atom stereocenters. The van der Waals surface area contributed by atoms with E-state index < -0.39 is 0 Å². The van der Waals surface area contributed by atoms with Gasteiger partial charge in [0, 0.05) is 25.7 Å². The second-order valence-electron chi connectivity index (χ2n) is 5.73. The zero-order valence-corrected chi connectivity index (χ0v) is 13.2. The molecule has 1 aliphatic heterocycles. The van der Waals surface area contributed by atoms with Gasteiger partial charge in [0.2, 0.25) is 0 Å². The van der Waals surface area contributed by atoms with Gasteiger partial charge in [0.15, 0.2) is 0 Å². The predicted octanol–water partition coefficient (Wildman–Crippen LogP) is 2.33. The van der Waals surface area contributed by atoms with E-state index in [0.29, 0.717) is 5.92 Å². The van der Waals surface area contributed by atoms with Gasteiger partial charge in [0.05, 0.1) is 17.9 Å². The maximum absolute atomic E-state index is 5.51. The third kappa shape index (κ3) is 3.54. The van der Waals surface area contributed by atoms with Gasteiger partial charge in [-0.3, -0.25) is 0 Å². The van der Waals surface area contributed by atoms with Crippen LogP contribution in [-0.2, 0) is 17.8 Å². The van der Waals surface area contributed by atoms with Crippen molar-refractivity contribution in [1.82, 2.24) is 20.3 Å². The summed E-state index contributed by atoms with van der Waals surface area (Å²) < 4.78 is 7.59. The SMILES string of the molecule is CCNCc1nnn(Cc2ccccc2)c1C1CCOCC1. The lowest BCUT2D eigenvalue weighted by Gasteiger charge is -2.23. The van der Waals surface area contributed by atoms with E-state index in [1.165, 1.54) is 11.3 Å². The quantitative estimate of drug-likeness (QED) is 0.889. The summed E-state index contributed by atoms with van der Waals surface area (Å²) in [6.45, 7) is 6.30. The summed E-state index contributed by atoms with van der Waals surface area (Å²) in [5, 5.41) is 12.2. The molecular weight excluding hydrogens is 276 g/mol. The van der Waals surface area contributed by atoms with Crippen molar-refractivity contribution in [2.75, 3.05) is 19.8 Å². The largest absolute Gasteiger partial charge is 0.381 e. The summed E-state index contributed by atoms with van der Waals surface area (Å²) in [6, 6.07) is 10.5. The molecule has 0 radical (unpaired) electrons. The highest BCUT2D eigenvalue weighted by atomic mass is 16.5. The highest BCUT2D eigenvalue weighted by Crippen LogP contribution is 2.29. The minimum absolute atomic E-state index is 0.501. The van der Waals surface area contributed by atoms with Gasteiger partial charge in [-0.1, -0.05) is 42.5 Å². The highest BCUT2D eigenvalue weighted by Gasteiger charge is 2.24. The molecule has 2 aromatic rings. The van der Waals surface area contributed by atoms with E-state index in [1.807, 2.05) is 6.07 Å². The number of nitrogens with one attached hydrogen (secondary N) is 1. The zero-order valence-electron chi connectivity index (χ0n) is 13.2. The molecule has 0 unspecified atom stereocenters. The molecule has 0 aliphatic carbocycles. The lowest BCUT2D eigenvalue weighted by atomic mass is 9.94. The van der Waals surface area contributed by atoms with Gasteiger partial charge in [0.1, 0.15) is 0 Å². The number of nitrogens with zero attached hydrogens (tertiary/aromatic N) is 3. The molecule has 0 bridgehead atoms. The predicted molar refractivity (Wildman–Crippen MR) is 85.7 cm³/mol. The van der Waals surface area contributed by atoms with E-state index in [1.54, 1.807) is 0 Å². The summed E-state index contributed by atoms with van der Waals surface area (Å²) in [6.07, 6.45) is 2.11. The van der Waals surface area contributed by atoms with Crippen molar-refractivity contribution in [2.45, 2.75) is 38.8 Å². The number of hydrogen-bond donors (Lipinski definition) is 1. The van der Waals surface area contributed by atoms with Crippen LogP contribution >= 0.6 is 0 Å². The van der Waals surface area contributed by atoms with Crippen molar-refractivity contribution in [1.29, 1.82) is 0 Å². The highest BCUT2D eigenvalue weighted by molar-refractivity contribution is 5.20. The normalized spacial score (nSPS) is 16.0. The van der Waals surface area contributed by atoms with E-state index in [2.05, 4.69) is 51.5 Å². The van der Waals surface area contributed by atoms with Crippen molar-refractivity contribution in [3.8, 4) is 0 Å². The maximum Gasteiger partial charge on any atom is 0.0999 e. The van der Waals surface area contributed by atoms with E-state index in [-0.39, 0.29) is 0 Å². The first-order valence-electron chi connectivity index (χ1n) is 8.13. The molecule has 1 aromatic carbocycles. The van der Waals surface area contributed by atoms with Crippen molar-refractivity contribution < 1.29 is 4.74 Å². The number of hydrogen-bond acceptors (Lipinski definition) is 4. The second kappa shape index (κ2) is 7.51. The molecule has 1 N–H and O–H groups in total. The Labute approximate surface area is 131 Å². The molecular formula is C17H24N4O. The smallest absolute Gasteiger partial charge is 0.0999 e. The fourth-order valence-corrected chi connectivity index (χ4v) is 3.02. The number of benzene rings is 1. The van der Waals surface area contributed by atoms with E-state index in [0.717, 1.165) is 51.4 Å². The molecule has 0 spiro atoms. The fourth-order valence-electron chi connectivity index (χ4n) is 3.02. The van der Waals surface area contributed by atoms with Crippen molar-refractivity contribution in [3.63, 3.8) is 0 Å². The van der Waals surface area contributed by atoms with E-state index in [4.69, 9.17) is 4.74 Å². The Kier molecular flexibility index (Phi) is 5.19. The molecule has 5 nitrogen and oxygen atoms in total. The topological polar surface area (TPSA) is 52.0 Å². The average Bonchev–Trinajstić information content (AvgIpc) is 2.97. The van der Waals surface area contributed by atoms with Gasteiger partial charge < -0.3 is 10.1 Å². The summed E-state index contributed by atoms with van der Waals surface area (Å²) in [5.41, 5.74) is 3.63. The molecule has 1 saturated heterocycles. The Hall–Kier alpha value is -1.72. The zero-order chi connectivity index (χ0) is 15.2. The molecule has 0 saturated carbocycles. The Balaban J connectivity index is 1.86. The Bertz CT molecular complexity index is 576. The van der Waals surface area contributed by atoms with Crippen LogP contribution in [0.4, 0.5) is 0 Å². The fraction of sp³-hybridized carbons (Fsp3) is 0.529. The number of ether oxygens (including phenoxy) is 1. The van der Waals surface area contributed by atoms with E-state index in [9.17, 15) is 0 Å². The van der Waals surface area contributed by atoms with Crippen molar-refractivity contribution in [3.05, 3.63) is 47.3 Å². The van der Waals surface area contributed by atoms with Crippen LogP contribution in [0.2, 0.25) is 0 Å². The van der Waals surface area contributed by atoms with Crippen LogP contribution in [0.5, 0.6) is 0 Å². The van der Waals surface area contributed by atoms with E-state index >= 15 is 0 Å². The third-order valence-corrected chi connectivity index (χ3v) is 4.17. The molecule has 5 heteroatoms. The average molecular weight is 300 g/mol. The van der Waals surface area contributed by atoms with Crippen LogP contribution in [-0.4, -0.2) is 34.8 Å². The molecule has 3 rings (SSSR count). The lowest BCUT2D eigenvalue weighted by molar-refractivity contribution is 0.0833. The second-order valence-corrected chi connectivity index (χ2v) is 5.73. The molecule has 1 fully saturated rings. The minimum atomic E-state index is 0.501. The summed E-state index contributed by atoms with van der Waals surface area (Å²) >= 11 is 0. The van der Waals surface area contributed by atoms with Crippen LogP contribution in [0.1, 0.15) is 42.6 Å². The van der Waals surface area contributed by atoms with Crippen molar-refractivity contribution >= 4 is 0 Å². The Morgan fingerprint density at radius 2 is 2.00 bits per heavy atom. The first-order chi connectivity index (χ1) is 10.9. The van der Waals surface area contributed by atoms with Crippen LogP contribution < -0.4 is 5.32 Å². The molecule has 0 amide bonds.